The molecule has 0 atom stereocenters. The molecular formula is C25H28ClN7. The number of nitrogens with one attached hydrogen (secondary N) is 1. The quantitative estimate of drug-likeness (QED) is 0.403. The number of nitrogens with zero attached hydrogens (tertiary/aromatic N) is 6. The number of hydrogen-bond acceptors (Lipinski definition) is 5. The summed E-state index contributed by atoms with van der Waals surface area (Å²) in [5, 5.41) is 18.0. The molecule has 1 aliphatic rings. The Kier molecular flexibility index (Phi) is 6.00. The third-order valence-electron chi connectivity index (χ3n) is 6.35. The average molecular weight is 462 g/mol. The van der Waals surface area contributed by atoms with Gasteiger partial charge in [0.25, 0.3) is 0 Å². The molecule has 1 aliphatic heterocycles. The molecule has 0 amide bonds. The fourth-order valence-corrected chi connectivity index (χ4v) is 5.11. The summed E-state index contributed by atoms with van der Waals surface area (Å²) in [5.41, 5.74) is 6.61. The minimum Gasteiger partial charge on any atom is -0.334 e. The van der Waals surface area contributed by atoms with E-state index < -0.39 is 0 Å². The second kappa shape index (κ2) is 9.08. The highest BCUT2D eigenvalue weighted by atomic mass is 35.5. The summed E-state index contributed by atoms with van der Waals surface area (Å²) in [4.78, 5) is 6.56. The van der Waals surface area contributed by atoms with Crippen molar-refractivity contribution >= 4 is 40.2 Å². The van der Waals surface area contributed by atoms with Crippen molar-refractivity contribution in [3.63, 3.8) is 0 Å². The largest absolute Gasteiger partial charge is 0.334 e. The van der Waals surface area contributed by atoms with E-state index in [0.717, 1.165) is 58.4 Å². The van der Waals surface area contributed by atoms with Crippen LogP contribution in [-0.2, 0) is 13.1 Å². The van der Waals surface area contributed by atoms with Gasteiger partial charge in [-0.15, -0.1) is 10.2 Å². The number of aromatic nitrogens is 4. The summed E-state index contributed by atoms with van der Waals surface area (Å²) in [7, 11) is 1.74. The van der Waals surface area contributed by atoms with Crippen LogP contribution in [0.4, 0.5) is 0 Å². The topological polar surface area (TPSA) is 74.6 Å². The number of pyridine rings is 1. The monoisotopic (exact) mass is 461 g/mol. The van der Waals surface area contributed by atoms with Gasteiger partial charge in [-0.2, -0.15) is 0 Å². The van der Waals surface area contributed by atoms with Crippen LogP contribution < -0.4 is 0 Å². The normalized spacial score (nSPS) is 14.9. The van der Waals surface area contributed by atoms with E-state index in [4.69, 9.17) is 17.0 Å². The van der Waals surface area contributed by atoms with Crippen LogP contribution >= 0.6 is 11.6 Å². The minimum atomic E-state index is 0.479. The van der Waals surface area contributed by atoms with Gasteiger partial charge in [-0.25, -0.2) is 0 Å². The van der Waals surface area contributed by atoms with E-state index in [0.29, 0.717) is 18.7 Å². The lowest BCUT2D eigenvalue weighted by Crippen LogP contribution is -2.18. The van der Waals surface area contributed by atoms with Crippen molar-refractivity contribution in [2.75, 3.05) is 20.1 Å². The molecule has 4 aromatic rings. The Bertz CT molecular complexity index is 1360. The highest BCUT2D eigenvalue weighted by Gasteiger charge is 2.18. The first-order valence-corrected chi connectivity index (χ1v) is 11.7. The first kappa shape index (κ1) is 21.8. The van der Waals surface area contributed by atoms with E-state index in [1.165, 1.54) is 18.4 Å². The third-order valence-corrected chi connectivity index (χ3v) is 6.57. The molecule has 8 heteroatoms. The molecule has 33 heavy (non-hydrogen) atoms. The van der Waals surface area contributed by atoms with Crippen molar-refractivity contribution in [2.24, 2.45) is 4.99 Å². The molecule has 5 rings (SSSR count). The Morgan fingerprint density at radius 2 is 1.82 bits per heavy atom. The van der Waals surface area contributed by atoms with Gasteiger partial charge in [0.15, 0.2) is 5.65 Å². The smallest absolute Gasteiger partial charge is 0.161 e. The number of hydrogen-bond donors (Lipinski definition) is 1. The fourth-order valence-electron chi connectivity index (χ4n) is 4.83. The van der Waals surface area contributed by atoms with Crippen molar-refractivity contribution < 1.29 is 0 Å². The first-order chi connectivity index (χ1) is 16.0. The zero-order chi connectivity index (χ0) is 22.9. The van der Waals surface area contributed by atoms with Gasteiger partial charge in [-0.1, -0.05) is 17.7 Å². The van der Waals surface area contributed by atoms with Gasteiger partial charge in [0.2, 0.25) is 0 Å². The number of benzene rings is 1. The molecule has 0 radical (unpaired) electrons. The highest BCUT2D eigenvalue weighted by molar-refractivity contribution is 6.30. The highest BCUT2D eigenvalue weighted by Crippen LogP contribution is 2.26. The SMILES string of the molecule is CN=CCC(=N)c1cc2c(ccc3nnc(C)n32)n1Cc1cc(Cl)cc(CN2CCCC2)c1. The van der Waals surface area contributed by atoms with Crippen LogP contribution in [0.1, 0.15) is 41.9 Å². The number of aliphatic imine (C=N–C) groups is 1. The van der Waals surface area contributed by atoms with Crippen LogP contribution in [-0.4, -0.2) is 56.1 Å². The predicted octanol–water partition coefficient (Wildman–Crippen LogP) is 4.75. The lowest BCUT2D eigenvalue weighted by atomic mass is 10.1. The van der Waals surface area contributed by atoms with Gasteiger partial charge >= 0.3 is 0 Å². The van der Waals surface area contributed by atoms with Gasteiger partial charge < -0.3 is 15.0 Å². The van der Waals surface area contributed by atoms with E-state index in [2.05, 4.69) is 48.9 Å². The van der Waals surface area contributed by atoms with Crippen molar-refractivity contribution in [1.29, 1.82) is 5.41 Å². The Hall–Kier alpha value is -3.03. The molecule has 0 spiro atoms. The van der Waals surface area contributed by atoms with Crippen LogP contribution in [0, 0.1) is 12.3 Å². The summed E-state index contributed by atoms with van der Waals surface area (Å²) >= 11 is 6.54. The number of aryl methyl sites for hydroxylation is 1. The molecule has 7 nitrogen and oxygen atoms in total. The summed E-state index contributed by atoms with van der Waals surface area (Å²) in [5.74, 6) is 0.830. The van der Waals surface area contributed by atoms with E-state index in [1.807, 2.05) is 23.5 Å². The number of halogens is 1. The molecular weight excluding hydrogens is 434 g/mol. The summed E-state index contributed by atoms with van der Waals surface area (Å²) < 4.78 is 4.25. The number of fused-ring (bicyclic) bond motifs is 3. The molecule has 1 N–H and O–H groups in total. The molecule has 0 saturated carbocycles. The van der Waals surface area contributed by atoms with E-state index in [-0.39, 0.29) is 0 Å². The lowest BCUT2D eigenvalue weighted by Gasteiger charge is -2.17. The van der Waals surface area contributed by atoms with Crippen LogP contribution in [0.2, 0.25) is 5.02 Å². The van der Waals surface area contributed by atoms with E-state index >= 15 is 0 Å². The second-order valence-electron chi connectivity index (χ2n) is 8.73. The van der Waals surface area contributed by atoms with Gasteiger partial charge in [-0.05, 0) is 74.3 Å². The second-order valence-corrected chi connectivity index (χ2v) is 9.17. The molecule has 1 aromatic carbocycles. The lowest BCUT2D eigenvalue weighted by molar-refractivity contribution is 0.331. The third kappa shape index (κ3) is 4.30. The van der Waals surface area contributed by atoms with Crippen molar-refractivity contribution in [2.45, 2.75) is 39.3 Å². The average Bonchev–Trinajstić information content (AvgIpc) is 3.51. The molecule has 0 bridgehead atoms. The van der Waals surface area contributed by atoms with Crippen LogP contribution in [0.25, 0.3) is 16.7 Å². The Labute approximate surface area is 198 Å². The van der Waals surface area contributed by atoms with Crippen molar-refractivity contribution in [1.82, 2.24) is 24.1 Å². The van der Waals surface area contributed by atoms with Gasteiger partial charge in [0.1, 0.15) is 5.82 Å². The minimum absolute atomic E-state index is 0.479. The first-order valence-electron chi connectivity index (χ1n) is 11.4. The molecule has 1 saturated heterocycles. The zero-order valence-electron chi connectivity index (χ0n) is 19.1. The number of likely N-dealkylation sites (tertiary alicyclic amines) is 1. The summed E-state index contributed by atoms with van der Waals surface area (Å²) in [6.45, 7) is 5.81. The molecule has 0 aliphatic carbocycles. The van der Waals surface area contributed by atoms with E-state index in [1.54, 1.807) is 13.3 Å². The molecule has 1 fully saturated rings. The molecule has 3 aromatic heterocycles. The molecule has 0 unspecified atom stereocenters. The summed E-state index contributed by atoms with van der Waals surface area (Å²) in [6, 6.07) is 12.5. The maximum absolute atomic E-state index is 8.75. The van der Waals surface area contributed by atoms with Crippen LogP contribution in [0.3, 0.4) is 0 Å². The van der Waals surface area contributed by atoms with Gasteiger partial charge in [-0.3, -0.25) is 9.30 Å². The Morgan fingerprint density at radius 1 is 1.06 bits per heavy atom. The van der Waals surface area contributed by atoms with Crippen LogP contribution in [0.15, 0.2) is 41.4 Å². The van der Waals surface area contributed by atoms with E-state index in [9.17, 15) is 0 Å². The summed E-state index contributed by atoms with van der Waals surface area (Å²) in [6.07, 6.45) is 4.79. The molecule has 170 valence electrons. The van der Waals surface area contributed by atoms with Crippen molar-refractivity contribution in [3.05, 3.63) is 64.1 Å². The Morgan fingerprint density at radius 3 is 2.58 bits per heavy atom. The van der Waals surface area contributed by atoms with Crippen LogP contribution in [0.5, 0.6) is 0 Å². The fraction of sp³-hybridized carbons (Fsp3) is 0.360. The van der Waals surface area contributed by atoms with Crippen molar-refractivity contribution in [3.8, 4) is 0 Å². The standard InChI is InChI=1S/C25H28ClN7/c1-17-29-30-25-6-5-22-24(33(17)25)14-23(21(27)7-8-28-2)32(22)16-19-11-18(12-20(26)13-19)15-31-9-3-4-10-31/h5-6,8,11-14,27H,3-4,7,9-10,15-16H2,1-2H3. The van der Waals surface area contributed by atoms with Gasteiger partial charge in [0, 0.05) is 37.8 Å². The van der Waals surface area contributed by atoms with Gasteiger partial charge in [0.05, 0.1) is 22.4 Å². The maximum atomic E-state index is 8.75. The Balaban J connectivity index is 1.59. The zero-order valence-corrected chi connectivity index (χ0v) is 19.8. The predicted molar refractivity (Wildman–Crippen MR) is 134 cm³/mol. The molecule has 4 heterocycles. The number of rotatable bonds is 7. The maximum Gasteiger partial charge on any atom is 0.161 e.